The number of esters is 1. The average molecular weight is 351 g/mol. The standard InChI is InChI=1S/C16H17NO6S/c1-2-22-16(19)14-9-8-13(23-14)10-24(20,21)11-15(18)17-12-6-4-3-5-7-12/h3-9H,2,10-11H2,1H3,(H,17,18). The molecule has 0 radical (unpaired) electrons. The van der Waals surface area contributed by atoms with E-state index in [4.69, 9.17) is 9.15 Å². The third-order valence-electron chi connectivity index (χ3n) is 2.91. The monoisotopic (exact) mass is 351 g/mol. The number of carbonyl (C=O) groups excluding carboxylic acids is 2. The zero-order valence-corrected chi connectivity index (χ0v) is 13.8. The van der Waals surface area contributed by atoms with Crippen LogP contribution in [0.15, 0.2) is 46.9 Å². The van der Waals surface area contributed by atoms with Gasteiger partial charge in [-0.15, -0.1) is 0 Å². The van der Waals surface area contributed by atoms with Crippen molar-refractivity contribution in [2.45, 2.75) is 12.7 Å². The van der Waals surface area contributed by atoms with Gasteiger partial charge >= 0.3 is 5.97 Å². The minimum Gasteiger partial charge on any atom is -0.460 e. The first-order chi connectivity index (χ1) is 11.4. The largest absolute Gasteiger partial charge is 0.460 e. The van der Waals surface area contributed by atoms with E-state index >= 15 is 0 Å². The van der Waals surface area contributed by atoms with Gasteiger partial charge < -0.3 is 14.5 Å². The second-order valence-electron chi connectivity index (χ2n) is 4.93. The van der Waals surface area contributed by atoms with Crippen molar-refractivity contribution in [3.63, 3.8) is 0 Å². The van der Waals surface area contributed by atoms with E-state index in [9.17, 15) is 18.0 Å². The summed E-state index contributed by atoms with van der Waals surface area (Å²) in [4.78, 5) is 23.3. The lowest BCUT2D eigenvalue weighted by atomic mass is 10.3. The van der Waals surface area contributed by atoms with E-state index in [-0.39, 0.29) is 18.1 Å². The van der Waals surface area contributed by atoms with Crippen LogP contribution in [0.4, 0.5) is 5.69 Å². The van der Waals surface area contributed by atoms with Crippen LogP contribution in [-0.4, -0.2) is 32.7 Å². The molecule has 0 unspecified atom stereocenters. The molecule has 128 valence electrons. The Hall–Kier alpha value is -2.61. The number of para-hydroxylation sites is 1. The molecule has 1 heterocycles. The summed E-state index contributed by atoms with van der Waals surface area (Å²) in [5.41, 5.74) is 0.514. The maximum atomic E-state index is 12.1. The number of rotatable bonds is 7. The van der Waals surface area contributed by atoms with Crippen molar-refractivity contribution >= 4 is 27.4 Å². The summed E-state index contributed by atoms with van der Waals surface area (Å²) in [6.07, 6.45) is 0. The second kappa shape index (κ2) is 7.78. The van der Waals surface area contributed by atoms with Gasteiger partial charge in [0.15, 0.2) is 9.84 Å². The molecule has 1 N–H and O–H groups in total. The summed E-state index contributed by atoms with van der Waals surface area (Å²) in [5.74, 6) is -2.46. The predicted molar refractivity (Wildman–Crippen MR) is 87.2 cm³/mol. The Bertz CT molecular complexity index is 810. The van der Waals surface area contributed by atoms with Gasteiger partial charge in [0.1, 0.15) is 17.3 Å². The van der Waals surface area contributed by atoms with E-state index in [0.29, 0.717) is 5.69 Å². The highest BCUT2D eigenvalue weighted by molar-refractivity contribution is 7.91. The van der Waals surface area contributed by atoms with Crippen molar-refractivity contribution in [1.29, 1.82) is 0 Å². The Morgan fingerprint density at radius 3 is 2.50 bits per heavy atom. The molecule has 0 bridgehead atoms. The van der Waals surface area contributed by atoms with E-state index in [2.05, 4.69) is 5.32 Å². The summed E-state index contributed by atoms with van der Waals surface area (Å²) in [5, 5.41) is 2.50. The molecule has 2 rings (SSSR count). The number of furan rings is 1. The van der Waals surface area contributed by atoms with Crippen molar-refractivity contribution in [3.8, 4) is 0 Å². The van der Waals surface area contributed by atoms with Gasteiger partial charge in [-0.05, 0) is 31.2 Å². The molecule has 0 spiro atoms. The molecule has 1 amide bonds. The van der Waals surface area contributed by atoms with Gasteiger partial charge in [-0.3, -0.25) is 4.79 Å². The number of carbonyl (C=O) groups is 2. The zero-order valence-electron chi connectivity index (χ0n) is 13.0. The normalized spacial score (nSPS) is 11.0. The van der Waals surface area contributed by atoms with E-state index in [1.165, 1.54) is 12.1 Å². The van der Waals surface area contributed by atoms with Crippen LogP contribution in [0.2, 0.25) is 0 Å². The molecule has 7 nitrogen and oxygen atoms in total. The van der Waals surface area contributed by atoms with Gasteiger partial charge in [0.25, 0.3) is 0 Å². The molecular weight excluding hydrogens is 334 g/mol. The number of benzene rings is 1. The predicted octanol–water partition coefficient (Wildman–Crippen LogP) is 2.01. The van der Waals surface area contributed by atoms with Crippen molar-refractivity contribution in [3.05, 3.63) is 54.0 Å². The summed E-state index contributed by atoms with van der Waals surface area (Å²) < 4.78 is 34.0. The first-order valence-corrected chi connectivity index (χ1v) is 9.03. The van der Waals surface area contributed by atoms with Crippen LogP contribution in [-0.2, 0) is 25.1 Å². The van der Waals surface area contributed by atoms with Crippen molar-refractivity contribution < 1.29 is 27.2 Å². The molecular formula is C16H17NO6S. The third kappa shape index (κ3) is 5.24. The maximum absolute atomic E-state index is 12.1. The molecule has 24 heavy (non-hydrogen) atoms. The van der Waals surface area contributed by atoms with E-state index in [1.54, 1.807) is 37.3 Å². The molecule has 1 aromatic carbocycles. The molecule has 0 fully saturated rings. The van der Waals surface area contributed by atoms with Crippen LogP contribution >= 0.6 is 0 Å². The molecule has 0 aliphatic carbocycles. The molecule has 0 saturated carbocycles. The number of nitrogens with one attached hydrogen (secondary N) is 1. The van der Waals surface area contributed by atoms with Crippen LogP contribution in [0, 0.1) is 0 Å². The molecule has 2 aromatic rings. The average Bonchev–Trinajstić information content (AvgIpc) is 2.95. The SMILES string of the molecule is CCOC(=O)c1ccc(CS(=O)(=O)CC(=O)Nc2ccccc2)o1. The molecule has 0 saturated heterocycles. The minimum absolute atomic E-state index is 0.0733. The topological polar surface area (TPSA) is 103 Å². The number of hydrogen-bond acceptors (Lipinski definition) is 6. The minimum atomic E-state index is -3.74. The number of sulfone groups is 1. The molecule has 0 aliphatic heterocycles. The first kappa shape index (κ1) is 17.7. The van der Waals surface area contributed by atoms with E-state index < -0.39 is 33.2 Å². The lowest BCUT2D eigenvalue weighted by Gasteiger charge is -2.05. The summed E-state index contributed by atoms with van der Waals surface area (Å²) in [6.45, 7) is 1.84. The van der Waals surface area contributed by atoms with Crippen molar-refractivity contribution in [2.75, 3.05) is 17.7 Å². The van der Waals surface area contributed by atoms with E-state index in [1.807, 2.05) is 0 Å². The van der Waals surface area contributed by atoms with Crippen molar-refractivity contribution in [1.82, 2.24) is 0 Å². The van der Waals surface area contributed by atoms with Crippen LogP contribution in [0.5, 0.6) is 0 Å². The van der Waals surface area contributed by atoms with Gasteiger partial charge in [0.2, 0.25) is 11.7 Å². The third-order valence-corrected chi connectivity index (χ3v) is 4.34. The highest BCUT2D eigenvalue weighted by Gasteiger charge is 2.21. The fourth-order valence-corrected chi connectivity index (χ4v) is 3.12. The Kier molecular flexibility index (Phi) is 5.75. The number of ether oxygens (including phenoxy) is 1. The fraction of sp³-hybridized carbons (Fsp3) is 0.250. The van der Waals surface area contributed by atoms with Crippen LogP contribution in [0.25, 0.3) is 0 Å². The molecule has 0 aliphatic rings. The smallest absolute Gasteiger partial charge is 0.374 e. The van der Waals surface area contributed by atoms with Crippen molar-refractivity contribution in [2.24, 2.45) is 0 Å². The number of hydrogen-bond donors (Lipinski definition) is 1. The van der Waals surface area contributed by atoms with Gasteiger partial charge in [0, 0.05) is 5.69 Å². The van der Waals surface area contributed by atoms with Gasteiger partial charge in [-0.2, -0.15) is 0 Å². The van der Waals surface area contributed by atoms with Gasteiger partial charge in [-0.1, -0.05) is 18.2 Å². The Balaban J connectivity index is 1.96. The lowest BCUT2D eigenvalue weighted by Crippen LogP contribution is -2.23. The molecule has 8 heteroatoms. The van der Waals surface area contributed by atoms with Crippen LogP contribution in [0.3, 0.4) is 0 Å². The Morgan fingerprint density at radius 2 is 1.83 bits per heavy atom. The maximum Gasteiger partial charge on any atom is 0.374 e. The highest BCUT2D eigenvalue weighted by Crippen LogP contribution is 2.13. The van der Waals surface area contributed by atoms with Gasteiger partial charge in [-0.25, -0.2) is 13.2 Å². The number of amides is 1. The zero-order chi connectivity index (χ0) is 17.6. The fourth-order valence-electron chi connectivity index (χ4n) is 1.95. The summed E-state index contributed by atoms with van der Waals surface area (Å²) in [6, 6.07) is 11.3. The Labute approximate surface area is 139 Å². The van der Waals surface area contributed by atoms with E-state index in [0.717, 1.165) is 0 Å². The summed E-state index contributed by atoms with van der Waals surface area (Å²) in [7, 11) is -3.74. The molecule has 1 aromatic heterocycles. The van der Waals surface area contributed by atoms with Crippen LogP contribution < -0.4 is 5.32 Å². The first-order valence-electron chi connectivity index (χ1n) is 7.21. The Morgan fingerprint density at radius 1 is 1.12 bits per heavy atom. The van der Waals surface area contributed by atoms with Gasteiger partial charge in [0.05, 0.1) is 6.61 Å². The highest BCUT2D eigenvalue weighted by atomic mass is 32.2. The number of anilines is 1. The summed E-state index contributed by atoms with van der Waals surface area (Å²) >= 11 is 0. The van der Waals surface area contributed by atoms with Crippen LogP contribution in [0.1, 0.15) is 23.2 Å². The lowest BCUT2D eigenvalue weighted by molar-refractivity contribution is -0.113. The second-order valence-corrected chi connectivity index (χ2v) is 7.00. The molecule has 0 atom stereocenters. The quantitative estimate of drug-likeness (QED) is 0.766.